The number of benzene rings is 2. The molecule has 0 unspecified atom stereocenters. The first-order valence-electron chi connectivity index (χ1n) is 6.54. The fourth-order valence-electron chi connectivity index (χ4n) is 2.38. The Morgan fingerprint density at radius 3 is 2.65 bits per heavy atom. The zero-order valence-electron chi connectivity index (χ0n) is 11.2. The molecule has 2 nitrogen and oxygen atoms in total. The molecule has 2 atom stereocenters. The first kappa shape index (κ1) is 13.3. The molecule has 0 bridgehead atoms. The molecule has 0 aromatic heterocycles. The number of para-hydroxylation sites is 1. The predicted octanol–water partition coefficient (Wildman–Crippen LogP) is 3.92. The lowest BCUT2D eigenvalue weighted by molar-refractivity contribution is 0.185. The van der Waals surface area contributed by atoms with Gasteiger partial charge in [-0.05, 0) is 23.3 Å². The maximum absolute atomic E-state index is 10.5. The fraction of sp³-hybridized carbons (Fsp3) is 0.176. The van der Waals surface area contributed by atoms with Gasteiger partial charge >= 0.3 is 0 Å². The van der Waals surface area contributed by atoms with E-state index in [1.165, 1.54) is 0 Å². The van der Waals surface area contributed by atoms with Gasteiger partial charge in [-0.1, -0.05) is 48.6 Å². The van der Waals surface area contributed by atoms with Crippen molar-refractivity contribution in [3.05, 3.63) is 65.7 Å². The highest BCUT2D eigenvalue weighted by Gasteiger charge is 2.25. The van der Waals surface area contributed by atoms with Crippen molar-refractivity contribution in [1.29, 1.82) is 0 Å². The SMILES string of the molecule is COc1ccccc1S[C@@H]1C=Cc2ccccc2[C@H]1O. The van der Waals surface area contributed by atoms with E-state index in [1.54, 1.807) is 18.9 Å². The molecule has 2 aromatic carbocycles. The Bertz CT molecular complexity index is 636. The lowest BCUT2D eigenvalue weighted by atomic mass is 9.95. The summed E-state index contributed by atoms with van der Waals surface area (Å²) in [4.78, 5) is 1.04. The van der Waals surface area contributed by atoms with Crippen LogP contribution in [0.25, 0.3) is 6.08 Å². The normalized spacial score (nSPS) is 20.5. The monoisotopic (exact) mass is 284 g/mol. The van der Waals surface area contributed by atoms with Crippen molar-refractivity contribution in [2.45, 2.75) is 16.2 Å². The van der Waals surface area contributed by atoms with Gasteiger partial charge < -0.3 is 9.84 Å². The number of rotatable bonds is 3. The van der Waals surface area contributed by atoms with Gasteiger partial charge in [-0.2, -0.15) is 0 Å². The van der Waals surface area contributed by atoms with Crippen LogP contribution in [0.15, 0.2) is 59.5 Å². The van der Waals surface area contributed by atoms with Crippen molar-refractivity contribution >= 4 is 17.8 Å². The molecule has 20 heavy (non-hydrogen) atoms. The van der Waals surface area contributed by atoms with E-state index in [4.69, 9.17) is 4.74 Å². The lowest BCUT2D eigenvalue weighted by Crippen LogP contribution is -2.16. The van der Waals surface area contributed by atoms with Crippen molar-refractivity contribution in [1.82, 2.24) is 0 Å². The van der Waals surface area contributed by atoms with Crippen molar-refractivity contribution < 1.29 is 9.84 Å². The van der Waals surface area contributed by atoms with E-state index >= 15 is 0 Å². The summed E-state index contributed by atoms with van der Waals surface area (Å²) in [6.07, 6.45) is 3.64. The van der Waals surface area contributed by atoms with E-state index in [1.807, 2.05) is 48.5 Å². The Balaban J connectivity index is 1.87. The van der Waals surface area contributed by atoms with Crippen molar-refractivity contribution in [3.8, 4) is 5.75 Å². The molecule has 0 saturated heterocycles. The van der Waals surface area contributed by atoms with Crippen LogP contribution in [-0.2, 0) is 0 Å². The van der Waals surface area contributed by atoms with Gasteiger partial charge in [0.15, 0.2) is 0 Å². The highest BCUT2D eigenvalue weighted by Crippen LogP contribution is 2.40. The van der Waals surface area contributed by atoms with Crippen LogP contribution in [0.3, 0.4) is 0 Å². The number of hydrogen-bond donors (Lipinski definition) is 1. The quantitative estimate of drug-likeness (QED) is 0.926. The van der Waals surface area contributed by atoms with Gasteiger partial charge in [0, 0.05) is 0 Å². The predicted molar refractivity (Wildman–Crippen MR) is 83.1 cm³/mol. The Labute approximate surface area is 123 Å². The van der Waals surface area contributed by atoms with Crippen molar-refractivity contribution in [3.63, 3.8) is 0 Å². The summed E-state index contributed by atoms with van der Waals surface area (Å²) in [6, 6.07) is 15.9. The second kappa shape index (κ2) is 5.73. The summed E-state index contributed by atoms with van der Waals surface area (Å²) < 4.78 is 5.37. The summed E-state index contributed by atoms with van der Waals surface area (Å²) in [6.45, 7) is 0. The average Bonchev–Trinajstić information content (AvgIpc) is 2.51. The molecule has 0 saturated carbocycles. The molecule has 0 heterocycles. The molecule has 3 rings (SSSR count). The van der Waals surface area contributed by atoms with Crippen molar-refractivity contribution in [2.24, 2.45) is 0 Å². The number of ether oxygens (including phenoxy) is 1. The molecule has 1 aliphatic carbocycles. The minimum atomic E-state index is -0.494. The lowest BCUT2D eigenvalue weighted by Gasteiger charge is -2.25. The van der Waals surface area contributed by atoms with Crippen LogP contribution in [0.5, 0.6) is 5.75 Å². The summed E-state index contributed by atoms with van der Waals surface area (Å²) >= 11 is 1.63. The molecular weight excluding hydrogens is 268 g/mol. The van der Waals surface area contributed by atoms with E-state index in [0.29, 0.717) is 0 Å². The second-order valence-corrected chi connectivity index (χ2v) is 5.89. The Kier molecular flexibility index (Phi) is 3.81. The molecule has 2 aromatic rings. The smallest absolute Gasteiger partial charge is 0.132 e. The van der Waals surface area contributed by atoms with E-state index in [-0.39, 0.29) is 5.25 Å². The summed E-state index contributed by atoms with van der Waals surface area (Å²) in [5.41, 5.74) is 2.08. The van der Waals surface area contributed by atoms with E-state index in [2.05, 4.69) is 12.2 Å². The topological polar surface area (TPSA) is 29.5 Å². The first-order valence-corrected chi connectivity index (χ1v) is 7.42. The van der Waals surface area contributed by atoms with Gasteiger partial charge in [-0.25, -0.2) is 0 Å². The van der Waals surface area contributed by atoms with Crippen LogP contribution in [-0.4, -0.2) is 17.5 Å². The van der Waals surface area contributed by atoms with E-state index in [0.717, 1.165) is 21.8 Å². The molecule has 0 fully saturated rings. The summed E-state index contributed by atoms with van der Waals surface area (Å²) in [5, 5.41) is 10.5. The van der Waals surface area contributed by atoms with Gasteiger partial charge in [-0.3, -0.25) is 0 Å². The molecule has 102 valence electrons. The second-order valence-electron chi connectivity index (χ2n) is 4.67. The Hall–Kier alpha value is -1.71. The Morgan fingerprint density at radius 2 is 1.80 bits per heavy atom. The number of thioether (sulfide) groups is 1. The van der Waals surface area contributed by atoms with Crippen LogP contribution < -0.4 is 4.74 Å². The third-order valence-electron chi connectivity index (χ3n) is 3.42. The highest BCUT2D eigenvalue weighted by atomic mass is 32.2. The molecule has 0 radical (unpaired) electrons. The molecule has 0 amide bonds. The van der Waals surface area contributed by atoms with Gasteiger partial charge in [0.25, 0.3) is 0 Å². The van der Waals surface area contributed by atoms with Crippen LogP contribution >= 0.6 is 11.8 Å². The fourth-order valence-corrected chi connectivity index (χ4v) is 3.53. The van der Waals surface area contributed by atoms with E-state index < -0.39 is 6.10 Å². The number of hydrogen-bond acceptors (Lipinski definition) is 3. The number of aliphatic hydroxyl groups excluding tert-OH is 1. The van der Waals surface area contributed by atoms with Gasteiger partial charge in [-0.15, -0.1) is 11.8 Å². The molecule has 0 spiro atoms. The maximum atomic E-state index is 10.5. The van der Waals surface area contributed by atoms with Gasteiger partial charge in [0.2, 0.25) is 0 Å². The zero-order chi connectivity index (χ0) is 13.9. The average molecular weight is 284 g/mol. The molecule has 1 aliphatic rings. The van der Waals surface area contributed by atoms with Gasteiger partial charge in [0.05, 0.1) is 23.4 Å². The van der Waals surface area contributed by atoms with Crippen LogP contribution in [0.2, 0.25) is 0 Å². The molecule has 0 aliphatic heterocycles. The molecular formula is C17H16O2S. The Morgan fingerprint density at radius 1 is 1.05 bits per heavy atom. The maximum Gasteiger partial charge on any atom is 0.132 e. The molecule has 3 heteroatoms. The van der Waals surface area contributed by atoms with Crippen LogP contribution in [0.4, 0.5) is 0 Å². The minimum absolute atomic E-state index is 0.00111. The van der Waals surface area contributed by atoms with Crippen molar-refractivity contribution in [2.75, 3.05) is 7.11 Å². The third kappa shape index (κ3) is 2.47. The number of fused-ring (bicyclic) bond motifs is 1. The first-order chi connectivity index (χ1) is 9.79. The number of methoxy groups -OCH3 is 1. The number of aliphatic hydroxyl groups is 1. The minimum Gasteiger partial charge on any atom is -0.496 e. The summed E-state index contributed by atoms with van der Waals surface area (Å²) in [5.74, 6) is 0.844. The largest absolute Gasteiger partial charge is 0.496 e. The van der Waals surface area contributed by atoms with Crippen LogP contribution in [0.1, 0.15) is 17.2 Å². The molecule has 1 N–H and O–H groups in total. The summed E-state index contributed by atoms with van der Waals surface area (Å²) in [7, 11) is 1.67. The zero-order valence-corrected chi connectivity index (χ0v) is 12.0. The van der Waals surface area contributed by atoms with E-state index in [9.17, 15) is 5.11 Å². The standard InChI is InChI=1S/C17H16O2S/c1-19-14-8-4-5-9-15(14)20-16-11-10-12-6-2-3-7-13(12)17(16)18/h2-11,16-18H,1H3/t16-,17-/m1/s1. The van der Waals surface area contributed by atoms with Gasteiger partial charge in [0.1, 0.15) is 5.75 Å². The van der Waals surface area contributed by atoms with Crippen LogP contribution in [0, 0.1) is 0 Å². The third-order valence-corrected chi connectivity index (χ3v) is 4.70. The highest BCUT2D eigenvalue weighted by molar-refractivity contribution is 8.00.